The molecular weight excluding hydrogens is 293 g/mol. The molecule has 1 aliphatic heterocycles. The molecule has 0 bridgehead atoms. The number of nitrogens with zero attached hydrogens (tertiary/aromatic N) is 2. The molecule has 1 N–H and O–H groups in total. The molecule has 1 aromatic rings. The average Bonchev–Trinajstić information content (AvgIpc) is 2.81. The Labute approximate surface area is 116 Å². The zero-order chi connectivity index (χ0) is 15.8. The number of hydrogen-bond acceptors (Lipinski definition) is 4. The van der Waals surface area contributed by atoms with Gasteiger partial charge in [0.15, 0.2) is 5.60 Å². The van der Waals surface area contributed by atoms with E-state index in [0.717, 1.165) is 17.0 Å². The lowest BCUT2D eigenvalue weighted by Crippen LogP contribution is -2.48. The van der Waals surface area contributed by atoms with E-state index in [2.05, 4.69) is 0 Å². The van der Waals surface area contributed by atoms with Gasteiger partial charge in [-0.25, -0.2) is 0 Å². The summed E-state index contributed by atoms with van der Waals surface area (Å²) in [6.45, 7) is -1.07. The van der Waals surface area contributed by atoms with Gasteiger partial charge < -0.3 is 10.0 Å². The maximum atomic E-state index is 12.7. The van der Waals surface area contributed by atoms with Crippen LogP contribution in [-0.4, -0.2) is 45.7 Å². The molecular formula is C12H11F3N2O4. The van der Waals surface area contributed by atoms with Crippen molar-refractivity contribution >= 4 is 11.6 Å². The summed E-state index contributed by atoms with van der Waals surface area (Å²) in [5, 5.41) is 20.0. The lowest BCUT2D eigenvalue weighted by molar-refractivity contribution is -0.384. The maximum absolute atomic E-state index is 12.7. The minimum absolute atomic E-state index is 0.0343. The minimum atomic E-state index is -4.81. The number of carbonyl (C=O) groups is 1. The average molecular weight is 304 g/mol. The minimum Gasteiger partial charge on any atom is -0.379 e. The number of β-amino-alcohol motifs (C(OH)–C–C–N with tert-alkyl or cyclic N) is 1. The first kappa shape index (κ1) is 15.2. The number of nitro groups is 1. The van der Waals surface area contributed by atoms with Crippen molar-refractivity contribution in [1.29, 1.82) is 0 Å². The molecule has 1 fully saturated rings. The number of nitro benzene ring substituents is 1. The zero-order valence-corrected chi connectivity index (χ0v) is 10.6. The number of alkyl halides is 3. The molecule has 0 spiro atoms. The van der Waals surface area contributed by atoms with Crippen molar-refractivity contribution in [3.05, 3.63) is 39.9 Å². The van der Waals surface area contributed by atoms with Crippen molar-refractivity contribution in [2.45, 2.75) is 18.2 Å². The van der Waals surface area contributed by atoms with Gasteiger partial charge in [0.2, 0.25) is 0 Å². The smallest absolute Gasteiger partial charge is 0.379 e. The van der Waals surface area contributed by atoms with Gasteiger partial charge in [-0.3, -0.25) is 14.9 Å². The second-order valence-electron chi connectivity index (χ2n) is 4.81. The van der Waals surface area contributed by atoms with Crippen molar-refractivity contribution in [2.24, 2.45) is 0 Å². The van der Waals surface area contributed by atoms with Crippen LogP contribution in [0.1, 0.15) is 16.8 Å². The van der Waals surface area contributed by atoms with Gasteiger partial charge in [0.05, 0.1) is 11.5 Å². The van der Waals surface area contributed by atoms with Gasteiger partial charge in [0.1, 0.15) is 0 Å². The van der Waals surface area contributed by atoms with E-state index in [9.17, 15) is 33.2 Å². The Balaban J connectivity index is 2.13. The number of non-ortho nitro benzene ring substituents is 1. The number of aliphatic hydroxyl groups is 1. The Hall–Kier alpha value is -2.16. The normalized spacial score (nSPS) is 22.4. The van der Waals surface area contributed by atoms with E-state index in [1.807, 2.05) is 0 Å². The fraction of sp³-hybridized carbons (Fsp3) is 0.417. The van der Waals surface area contributed by atoms with Crippen LogP contribution in [-0.2, 0) is 0 Å². The third-order valence-corrected chi connectivity index (χ3v) is 3.39. The standard InChI is InChI=1S/C12H11F3N2O4/c13-12(14,15)11(19)5-6-16(7-11)10(18)8-1-3-9(4-2-8)17(20)21/h1-4,19H,5-7H2/t11-/m1/s1. The van der Waals surface area contributed by atoms with Crippen LogP contribution in [0.5, 0.6) is 0 Å². The molecule has 1 saturated heterocycles. The third-order valence-electron chi connectivity index (χ3n) is 3.39. The van der Waals surface area contributed by atoms with Crippen LogP contribution < -0.4 is 0 Å². The first-order chi connectivity index (χ1) is 9.64. The molecule has 0 aromatic heterocycles. The summed E-state index contributed by atoms with van der Waals surface area (Å²) in [5.41, 5.74) is -3.09. The van der Waals surface area contributed by atoms with E-state index in [1.165, 1.54) is 12.1 Å². The Morgan fingerprint density at radius 2 is 1.90 bits per heavy atom. The highest BCUT2D eigenvalue weighted by molar-refractivity contribution is 5.94. The summed E-state index contributed by atoms with van der Waals surface area (Å²) in [6.07, 6.45) is -5.40. The molecule has 1 aliphatic rings. The van der Waals surface area contributed by atoms with Crippen LogP contribution in [0.2, 0.25) is 0 Å². The second kappa shape index (κ2) is 4.99. The van der Waals surface area contributed by atoms with Crippen molar-refractivity contribution in [3.63, 3.8) is 0 Å². The quantitative estimate of drug-likeness (QED) is 0.666. The van der Waals surface area contributed by atoms with E-state index < -0.39 is 35.6 Å². The molecule has 21 heavy (non-hydrogen) atoms. The predicted octanol–water partition coefficient (Wildman–Crippen LogP) is 1.73. The van der Waals surface area contributed by atoms with Crippen LogP contribution in [0.4, 0.5) is 18.9 Å². The molecule has 1 heterocycles. The topological polar surface area (TPSA) is 83.7 Å². The number of carbonyl (C=O) groups excluding carboxylic acids is 1. The van der Waals surface area contributed by atoms with Gasteiger partial charge in [-0.1, -0.05) is 0 Å². The van der Waals surface area contributed by atoms with Gasteiger partial charge in [0, 0.05) is 30.7 Å². The number of halogens is 3. The van der Waals surface area contributed by atoms with Crippen molar-refractivity contribution in [3.8, 4) is 0 Å². The van der Waals surface area contributed by atoms with Crippen LogP contribution in [0.3, 0.4) is 0 Å². The molecule has 2 rings (SSSR count). The molecule has 9 heteroatoms. The van der Waals surface area contributed by atoms with Gasteiger partial charge >= 0.3 is 6.18 Å². The summed E-state index contributed by atoms with van der Waals surface area (Å²) in [4.78, 5) is 22.7. The van der Waals surface area contributed by atoms with Gasteiger partial charge in [-0.05, 0) is 12.1 Å². The summed E-state index contributed by atoms with van der Waals surface area (Å²) >= 11 is 0. The Morgan fingerprint density at radius 3 is 2.33 bits per heavy atom. The molecule has 6 nitrogen and oxygen atoms in total. The number of amides is 1. The van der Waals surface area contributed by atoms with Crippen molar-refractivity contribution in [2.75, 3.05) is 13.1 Å². The van der Waals surface area contributed by atoms with E-state index in [4.69, 9.17) is 0 Å². The number of hydrogen-bond donors (Lipinski definition) is 1. The number of rotatable bonds is 2. The first-order valence-corrected chi connectivity index (χ1v) is 5.97. The summed E-state index contributed by atoms with van der Waals surface area (Å²) in [7, 11) is 0. The highest BCUT2D eigenvalue weighted by Gasteiger charge is 2.57. The van der Waals surface area contributed by atoms with Gasteiger partial charge in [-0.2, -0.15) is 13.2 Å². The lowest BCUT2D eigenvalue weighted by atomic mass is 10.0. The lowest BCUT2D eigenvalue weighted by Gasteiger charge is -2.25. The monoisotopic (exact) mass is 304 g/mol. The van der Waals surface area contributed by atoms with E-state index >= 15 is 0 Å². The largest absolute Gasteiger partial charge is 0.419 e. The Morgan fingerprint density at radius 1 is 1.33 bits per heavy atom. The van der Waals surface area contributed by atoms with Crippen molar-refractivity contribution in [1.82, 2.24) is 4.90 Å². The zero-order valence-electron chi connectivity index (χ0n) is 10.6. The van der Waals surface area contributed by atoms with E-state index in [0.29, 0.717) is 0 Å². The number of benzene rings is 1. The third kappa shape index (κ3) is 2.82. The van der Waals surface area contributed by atoms with Crippen LogP contribution in [0.25, 0.3) is 0 Å². The molecule has 0 aliphatic carbocycles. The molecule has 1 atom stereocenters. The molecule has 0 unspecified atom stereocenters. The second-order valence-corrected chi connectivity index (χ2v) is 4.81. The maximum Gasteiger partial charge on any atom is 0.419 e. The molecule has 1 aromatic carbocycles. The predicted molar refractivity (Wildman–Crippen MR) is 64.6 cm³/mol. The van der Waals surface area contributed by atoms with Crippen molar-refractivity contribution < 1.29 is 28.0 Å². The van der Waals surface area contributed by atoms with E-state index in [-0.39, 0.29) is 17.8 Å². The van der Waals surface area contributed by atoms with Crippen LogP contribution in [0.15, 0.2) is 24.3 Å². The van der Waals surface area contributed by atoms with Crippen LogP contribution >= 0.6 is 0 Å². The SMILES string of the molecule is O=C(c1ccc([N+](=O)[O-])cc1)N1CC[C@](O)(C(F)(F)F)C1. The molecule has 114 valence electrons. The van der Waals surface area contributed by atoms with Crippen LogP contribution in [0, 0.1) is 10.1 Å². The fourth-order valence-corrected chi connectivity index (χ4v) is 2.11. The fourth-order valence-electron chi connectivity index (χ4n) is 2.11. The highest BCUT2D eigenvalue weighted by atomic mass is 19.4. The summed E-state index contributed by atoms with van der Waals surface area (Å²) < 4.78 is 38.0. The Kier molecular flexibility index (Phi) is 3.62. The first-order valence-electron chi connectivity index (χ1n) is 5.97. The van der Waals surface area contributed by atoms with E-state index in [1.54, 1.807) is 0 Å². The molecule has 0 saturated carbocycles. The Bertz CT molecular complexity index is 573. The molecule has 1 amide bonds. The summed E-state index contributed by atoms with van der Waals surface area (Å²) in [5.74, 6) is -0.704. The summed E-state index contributed by atoms with van der Waals surface area (Å²) in [6, 6.07) is 4.54. The molecule has 0 radical (unpaired) electrons. The number of likely N-dealkylation sites (tertiary alicyclic amines) is 1. The van der Waals surface area contributed by atoms with Gasteiger partial charge in [0.25, 0.3) is 11.6 Å². The van der Waals surface area contributed by atoms with Gasteiger partial charge in [-0.15, -0.1) is 0 Å². The highest BCUT2D eigenvalue weighted by Crippen LogP contribution is 2.38.